The van der Waals surface area contributed by atoms with Crippen LogP contribution in [0.4, 0.5) is 0 Å². The molecule has 1 aliphatic rings. The summed E-state index contributed by atoms with van der Waals surface area (Å²) in [4.78, 5) is 5.45. The first-order valence-corrected chi connectivity index (χ1v) is 22.4. The molecule has 3 aromatic heterocycles. The number of nitrogens with zero attached hydrogens (tertiary/aromatic N) is 4. The number of imidazole rings is 1. The molecule has 65 heavy (non-hydrogen) atoms. The molecular formula is C60H46N4O. The summed E-state index contributed by atoms with van der Waals surface area (Å²) in [5, 5.41) is 2.31. The van der Waals surface area contributed by atoms with Gasteiger partial charge in [0.2, 0.25) is 0 Å². The van der Waals surface area contributed by atoms with Gasteiger partial charge in [0.05, 0.1) is 39.1 Å². The maximum absolute atomic E-state index is 6.85. The van der Waals surface area contributed by atoms with Gasteiger partial charge in [-0.2, -0.15) is 0 Å². The minimum atomic E-state index is -0.0980. The van der Waals surface area contributed by atoms with E-state index in [0.717, 1.165) is 73.0 Å². The summed E-state index contributed by atoms with van der Waals surface area (Å²) < 4.78 is 13.6. The maximum atomic E-state index is 6.85. The highest BCUT2D eigenvalue weighted by Gasteiger charge is 2.25. The number of aryl methyl sites for hydroxylation is 2. The summed E-state index contributed by atoms with van der Waals surface area (Å²) in [5.41, 5.74) is 19.1. The lowest BCUT2D eigenvalue weighted by molar-refractivity contribution is -0.571. The summed E-state index contributed by atoms with van der Waals surface area (Å²) in [6.07, 6.45) is 3.82. The van der Waals surface area contributed by atoms with Gasteiger partial charge in [-0.15, -0.1) is 0 Å². The molecule has 0 spiro atoms. The number of hydrogen-bond donors (Lipinski definition) is 0. The molecule has 11 aromatic rings. The Bertz CT molecular complexity index is 3690. The minimum Gasteiger partial charge on any atom is -0.458 e. The van der Waals surface area contributed by atoms with E-state index < -0.39 is 0 Å². The van der Waals surface area contributed by atoms with Gasteiger partial charge in [-0.25, -0.2) is 4.98 Å². The van der Waals surface area contributed by atoms with E-state index in [4.69, 9.17) is 9.72 Å². The van der Waals surface area contributed by atoms with E-state index in [1.165, 1.54) is 49.9 Å². The Kier molecular flexibility index (Phi) is 8.79. The SMILES string of the molecule is Cc1cccc(C)c1-c1cc(C(C)(C)C)cc(-n2c3ccccc3c3ccc(Oc4cccc(-n5[c-][n+]6c7c(cccc75)-c5ccccc5-c5ccccc5-c5ccccc5-6)c4)cc32)n1. The molecule has 0 saturated carbocycles. The molecule has 0 saturated heterocycles. The summed E-state index contributed by atoms with van der Waals surface area (Å²) in [7, 11) is 0. The maximum Gasteiger partial charge on any atom is 0.269 e. The van der Waals surface area contributed by atoms with Crippen molar-refractivity contribution in [2.45, 2.75) is 40.0 Å². The zero-order valence-corrected chi connectivity index (χ0v) is 37.1. The van der Waals surface area contributed by atoms with Crippen molar-refractivity contribution in [1.82, 2.24) is 14.1 Å². The van der Waals surface area contributed by atoms with Crippen molar-refractivity contribution >= 4 is 32.8 Å². The lowest BCUT2D eigenvalue weighted by Crippen LogP contribution is -2.30. The van der Waals surface area contributed by atoms with Crippen LogP contribution in [-0.2, 0) is 5.41 Å². The Balaban J connectivity index is 0.998. The quantitative estimate of drug-likeness (QED) is 0.128. The molecule has 5 nitrogen and oxygen atoms in total. The number of ether oxygens (including phenoxy) is 1. The zero-order valence-electron chi connectivity index (χ0n) is 37.1. The van der Waals surface area contributed by atoms with Crippen LogP contribution < -0.4 is 9.30 Å². The molecular weight excluding hydrogens is 793 g/mol. The van der Waals surface area contributed by atoms with Crippen LogP contribution in [-0.4, -0.2) is 14.1 Å². The normalized spacial score (nSPS) is 12.1. The molecule has 0 fully saturated rings. The van der Waals surface area contributed by atoms with Gasteiger partial charge in [0.15, 0.2) is 0 Å². The van der Waals surface area contributed by atoms with Crippen LogP contribution >= 0.6 is 0 Å². The Hall–Kier alpha value is -8.02. The van der Waals surface area contributed by atoms with Gasteiger partial charge in [-0.3, -0.25) is 13.7 Å². The fourth-order valence-electron chi connectivity index (χ4n) is 10.0. The molecule has 0 aliphatic carbocycles. The summed E-state index contributed by atoms with van der Waals surface area (Å²) in [5.74, 6) is 2.36. The third-order valence-electron chi connectivity index (χ3n) is 13.1. The van der Waals surface area contributed by atoms with E-state index in [9.17, 15) is 0 Å². The topological polar surface area (TPSA) is 35.9 Å². The van der Waals surface area contributed by atoms with E-state index >= 15 is 0 Å². The lowest BCUT2D eigenvalue weighted by Gasteiger charge is -2.22. The van der Waals surface area contributed by atoms with E-state index in [1.807, 2.05) is 6.07 Å². The third kappa shape index (κ3) is 6.29. The van der Waals surface area contributed by atoms with E-state index in [2.05, 4.69) is 237 Å². The highest BCUT2D eigenvalue weighted by atomic mass is 16.5. The van der Waals surface area contributed by atoms with Gasteiger partial charge >= 0.3 is 0 Å². The fraction of sp³-hybridized carbons (Fsp3) is 0.100. The second-order valence-electron chi connectivity index (χ2n) is 18.3. The summed E-state index contributed by atoms with van der Waals surface area (Å²) in [6, 6.07) is 67.1. The smallest absolute Gasteiger partial charge is 0.269 e. The Morgan fingerprint density at radius 1 is 0.508 bits per heavy atom. The van der Waals surface area contributed by atoms with Crippen LogP contribution in [0.1, 0.15) is 37.5 Å². The number of rotatable bonds is 5. The van der Waals surface area contributed by atoms with Gasteiger partial charge in [-0.1, -0.05) is 148 Å². The average molecular weight is 839 g/mol. The molecule has 8 aromatic carbocycles. The number of benzene rings is 8. The second kappa shape index (κ2) is 14.8. The molecule has 1 aliphatic heterocycles. The van der Waals surface area contributed by atoms with Crippen LogP contribution in [0.25, 0.3) is 94.7 Å². The highest BCUT2D eigenvalue weighted by Crippen LogP contribution is 2.44. The first-order valence-electron chi connectivity index (χ1n) is 22.4. The molecule has 0 unspecified atom stereocenters. The molecule has 4 heterocycles. The van der Waals surface area contributed by atoms with Crippen LogP contribution in [0.15, 0.2) is 188 Å². The van der Waals surface area contributed by atoms with Crippen molar-refractivity contribution in [3.63, 3.8) is 0 Å². The zero-order chi connectivity index (χ0) is 44.0. The third-order valence-corrected chi connectivity index (χ3v) is 13.1. The number of hydrogen-bond acceptors (Lipinski definition) is 2. The van der Waals surface area contributed by atoms with Crippen molar-refractivity contribution in [3.8, 4) is 73.3 Å². The second-order valence-corrected chi connectivity index (χ2v) is 18.3. The van der Waals surface area contributed by atoms with Crippen molar-refractivity contribution in [1.29, 1.82) is 0 Å². The van der Waals surface area contributed by atoms with Gasteiger partial charge in [-0.05, 0) is 124 Å². The van der Waals surface area contributed by atoms with E-state index in [1.54, 1.807) is 0 Å². The first kappa shape index (κ1) is 38.6. The number of pyridine rings is 1. The summed E-state index contributed by atoms with van der Waals surface area (Å²) >= 11 is 0. The van der Waals surface area contributed by atoms with Crippen LogP contribution in [0.5, 0.6) is 11.5 Å². The average Bonchev–Trinajstić information content (AvgIpc) is 3.88. The van der Waals surface area contributed by atoms with Crippen LogP contribution in [0.2, 0.25) is 0 Å². The van der Waals surface area contributed by atoms with Crippen molar-refractivity contribution in [2.75, 3.05) is 0 Å². The number of fused-ring (bicyclic) bond motifs is 10. The molecule has 0 atom stereocenters. The van der Waals surface area contributed by atoms with Gasteiger partial charge < -0.3 is 4.74 Å². The van der Waals surface area contributed by atoms with Gasteiger partial charge in [0.1, 0.15) is 17.3 Å². The molecule has 0 bridgehead atoms. The van der Waals surface area contributed by atoms with Crippen LogP contribution in [0.3, 0.4) is 0 Å². The standard InChI is InChI=1S/C60H46N4O/c1-38-17-14-18-39(2)58(38)52-33-40(60(3,4)5)34-57(61-52)64-54-29-13-11-26-49(54)50-32-31-43(36-56(50)64)65-42-20-15-19-41(35-42)62-37-63-53-28-12-10-25-48(53)46-23-8-6-21-44(46)45-22-7-9-24-47(45)51-27-16-30-55(62)59(51)63/h6-36H,1-5H3. The molecule has 312 valence electrons. The van der Waals surface area contributed by atoms with E-state index in [-0.39, 0.29) is 5.41 Å². The van der Waals surface area contributed by atoms with Crippen LogP contribution in [0, 0.1) is 20.2 Å². The minimum absolute atomic E-state index is 0.0980. The Labute approximate surface area is 379 Å². The van der Waals surface area contributed by atoms with Crippen molar-refractivity contribution in [2.24, 2.45) is 0 Å². The van der Waals surface area contributed by atoms with Gasteiger partial charge in [0.25, 0.3) is 6.33 Å². The molecule has 0 amide bonds. The highest BCUT2D eigenvalue weighted by molar-refractivity contribution is 6.09. The first-order chi connectivity index (χ1) is 31.7. The van der Waals surface area contributed by atoms with Crippen molar-refractivity contribution in [3.05, 3.63) is 211 Å². The predicted molar refractivity (Wildman–Crippen MR) is 266 cm³/mol. The fourth-order valence-corrected chi connectivity index (χ4v) is 10.0. The monoisotopic (exact) mass is 838 g/mol. The molecule has 12 rings (SSSR count). The Morgan fingerprint density at radius 3 is 1.85 bits per heavy atom. The lowest BCUT2D eigenvalue weighted by atomic mass is 9.86. The number of para-hydroxylation sites is 3. The predicted octanol–water partition coefficient (Wildman–Crippen LogP) is 14.9. The molecule has 5 heteroatoms. The number of aromatic nitrogens is 4. The Morgan fingerprint density at radius 2 is 1.09 bits per heavy atom. The van der Waals surface area contributed by atoms with Crippen molar-refractivity contribution < 1.29 is 9.30 Å². The van der Waals surface area contributed by atoms with Gasteiger partial charge in [0, 0.05) is 22.4 Å². The van der Waals surface area contributed by atoms with E-state index in [0.29, 0.717) is 0 Å². The molecule has 0 N–H and O–H groups in total. The summed E-state index contributed by atoms with van der Waals surface area (Å²) in [6.45, 7) is 11.2. The largest absolute Gasteiger partial charge is 0.458 e. The molecule has 0 radical (unpaired) electrons.